The van der Waals surface area contributed by atoms with Gasteiger partial charge in [-0.25, -0.2) is 9.69 Å². The number of allylic oxidation sites excluding steroid dienone is 5. The Bertz CT molecular complexity index is 4600. The van der Waals surface area contributed by atoms with E-state index in [1.165, 1.54) is 46.9 Å². The maximum Gasteiger partial charge on any atom is 0.527 e. The Morgan fingerprint density at radius 1 is 0.564 bits per heavy atom. The number of nitriles is 4. The number of carbonyl (C=O) groups excluding carboxylic acids is 2. The molecule has 5 aromatic heterocycles. The lowest BCUT2D eigenvalue weighted by Gasteiger charge is -2.19. The van der Waals surface area contributed by atoms with E-state index in [1.807, 2.05) is 30.3 Å². The second-order valence-corrected chi connectivity index (χ2v) is 24.7. The molecule has 0 bridgehead atoms. The van der Waals surface area contributed by atoms with Crippen molar-refractivity contribution in [3.63, 3.8) is 0 Å². The summed E-state index contributed by atoms with van der Waals surface area (Å²) in [5, 5.41) is 39.6. The second kappa shape index (κ2) is 16.9. The summed E-state index contributed by atoms with van der Waals surface area (Å²) < 4.78 is 19.7. The number of benzene rings is 3. The molecule has 0 unspecified atom stereocenters. The fourth-order valence-electron chi connectivity index (χ4n) is 11.0. The largest absolute Gasteiger partial charge is 0.527 e. The van der Waals surface area contributed by atoms with Crippen molar-refractivity contribution >= 4 is 137 Å². The van der Waals surface area contributed by atoms with Gasteiger partial charge in [0.15, 0.2) is 11.6 Å². The van der Waals surface area contributed by atoms with Crippen LogP contribution in [-0.2, 0) is 22.2 Å². The summed E-state index contributed by atoms with van der Waals surface area (Å²) in [4.78, 5) is 49.5. The number of carbonyl (C=O) groups is 2. The molecule has 14 nitrogen and oxygen atoms in total. The topological polar surface area (TPSA) is 197 Å². The molecule has 13 rings (SSSR count). The van der Waals surface area contributed by atoms with Gasteiger partial charge in [-0.3, -0.25) is 9.59 Å². The predicted octanol–water partition coefficient (Wildman–Crippen LogP) is 16.3. The number of aromatic nitrogens is 2. The van der Waals surface area contributed by atoms with Crippen molar-refractivity contribution in [1.29, 1.82) is 21.0 Å². The summed E-state index contributed by atoms with van der Waals surface area (Å²) in [6, 6.07) is 21.9. The van der Waals surface area contributed by atoms with E-state index in [0.29, 0.717) is 28.0 Å². The van der Waals surface area contributed by atoms with E-state index in [0.717, 1.165) is 95.5 Å². The summed E-state index contributed by atoms with van der Waals surface area (Å²) in [6.45, 7) is 39.4. The van der Waals surface area contributed by atoms with Crippen molar-refractivity contribution in [2.24, 2.45) is 8.73 Å². The van der Waals surface area contributed by atoms with Gasteiger partial charge in [0.2, 0.25) is 11.4 Å². The van der Waals surface area contributed by atoms with E-state index in [-0.39, 0.29) is 72.9 Å². The fraction of sp³-hybridized carbons (Fsp3) is 0.103. The number of Topliss-reactive ketones (excluding diaryl/α,β-unsaturated/α-hetero) is 2. The van der Waals surface area contributed by atoms with Crippen LogP contribution in [0.5, 0.6) is 0 Å². The Morgan fingerprint density at radius 3 is 1.45 bits per heavy atom. The average molecular weight is 1110 g/mol. The van der Waals surface area contributed by atoms with Gasteiger partial charge in [0.25, 0.3) is 0 Å². The molecule has 78 heavy (non-hydrogen) atoms. The Kier molecular flexibility index (Phi) is 10.4. The van der Waals surface area contributed by atoms with E-state index in [1.54, 1.807) is 34.8 Å². The highest BCUT2D eigenvalue weighted by molar-refractivity contribution is 7.58. The second-order valence-electron chi connectivity index (χ2n) is 19.4. The zero-order chi connectivity index (χ0) is 54.4. The van der Waals surface area contributed by atoms with Gasteiger partial charge >= 0.3 is 5.82 Å². The van der Waals surface area contributed by atoms with Gasteiger partial charge in [0.1, 0.15) is 53.3 Å². The third-order valence-electron chi connectivity index (χ3n) is 14.8. The highest BCUT2D eigenvalue weighted by Crippen LogP contribution is 2.63. The zero-order valence-corrected chi connectivity index (χ0v) is 45.3. The smallest absolute Gasteiger partial charge is 0.289 e. The lowest BCUT2D eigenvalue weighted by Crippen LogP contribution is -2.13. The van der Waals surface area contributed by atoms with Crippen LogP contribution in [0.15, 0.2) is 79.8 Å². The molecule has 0 saturated heterocycles. The van der Waals surface area contributed by atoms with Crippen molar-refractivity contribution in [3.05, 3.63) is 182 Å². The molecule has 20 heteroatoms. The number of ketones is 2. The van der Waals surface area contributed by atoms with Gasteiger partial charge in [0, 0.05) is 88.8 Å². The summed E-state index contributed by atoms with van der Waals surface area (Å²) >= 11 is 8.48. The van der Waals surface area contributed by atoms with Gasteiger partial charge < -0.3 is 0 Å². The zero-order valence-electron chi connectivity index (χ0n) is 40.4. The van der Waals surface area contributed by atoms with Crippen molar-refractivity contribution in [2.75, 3.05) is 0 Å². The summed E-state index contributed by atoms with van der Waals surface area (Å²) in [7, 11) is 0. The van der Waals surface area contributed by atoms with Gasteiger partial charge in [-0.15, -0.1) is 45.3 Å². The molecule has 0 spiro atoms. The molecular formula is C58H22N12O2S6. The molecule has 0 N–H and O–H groups in total. The Labute approximate surface area is 467 Å². The van der Waals surface area contributed by atoms with Crippen molar-refractivity contribution < 1.29 is 9.59 Å². The highest BCUT2D eigenvalue weighted by atomic mass is 32.1. The lowest BCUT2D eigenvalue weighted by atomic mass is 9.83. The summed E-state index contributed by atoms with van der Waals surface area (Å²) in [5.41, 5.74) is 9.28. The fourth-order valence-corrected chi connectivity index (χ4v) is 17.7. The van der Waals surface area contributed by atoms with E-state index in [2.05, 4.69) is 65.3 Å². The number of rotatable bonds is 4. The van der Waals surface area contributed by atoms with Crippen LogP contribution in [0, 0.1) is 71.6 Å². The van der Waals surface area contributed by atoms with Crippen LogP contribution < -0.4 is 0 Å². The van der Waals surface area contributed by atoms with Gasteiger partial charge in [-0.2, -0.15) is 48.2 Å². The minimum absolute atomic E-state index is 0.0150. The number of fused-ring (bicyclic) bond motifs is 10. The highest BCUT2D eigenvalue weighted by Gasteiger charge is 2.44. The molecule has 4 aliphatic carbocycles. The standard InChI is InChI=1S/C58H22N12O2S6/c1-57(2)34-13-26(11-32-42(25(21-61)22-62)28-9-23(19-59)39(64-6)16-31(28)51(32)72)73-52(34)54-36(57)17-40(75-54)44-46-48(69-77-67-46)45(49-47(44)68-78-70-49)41-18-37-55(76-41)53-35(58(37,3)4)14-27(74-53)12-33-43(56(65-7)66-8)29-15-38(63-5)24(20-60)10-30(29)50(33)71/h9-18H,1-4H3/b32-11-,33-12-. The van der Waals surface area contributed by atoms with Crippen LogP contribution in [0.1, 0.15) is 103 Å². The molecule has 1 aliphatic heterocycles. The third kappa shape index (κ3) is 6.40. The Hall–Kier alpha value is -9.68. The van der Waals surface area contributed by atoms with Crippen molar-refractivity contribution in [1.82, 2.24) is 8.75 Å². The third-order valence-corrected chi connectivity index (χ3v) is 20.6. The molecule has 5 aliphatic rings. The molecule has 0 amide bonds. The normalized spacial score (nSPS) is 15.9. The average Bonchev–Trinajstić information content (AvgIpc) is 4.28. The first kappa shape index (κ1) is 48.0. The van der Waals surface area contributed by atoms with Crippen molar-refractivity contribution in [3.8, 4) is 64.7 Å². The van der Waals surface area contributed by atoms with Crippen molar-refractivity contribution in [2.45, 2.75) is 38.5 Å². The lowest BCUT2D eigenvalue weighted by molar-refractivity contribution is 0.103. The molecule has 3 aromatic carbocycles. The molecule has 0 saturated carbocycles. The number of nitrogens with zero attached hydrogens (tertiary/aromatic N) is 12. The van der Waals surface area contributed by atoms with E-state index >= 15 is 0 Å². The summed E-state index contributed by atoms with van der Waals surface area (Å²) in [5.74, 6) is -1.15. The number of hydrogen-bond donors (Lipinski definition) is 0. The van der Waals surface area contributed by atoms with Crippen LogP contribution in [0.3, 0.4) is 0 Å². The molecule has 6 heterocycles. The summed E-state index contributed by atoms with van der Waals surface area (Å²) in [6.07, 6.45) is 3.41. The van der Waals surface area contributed by atoms with Gasteiger partial charge in [0.05, 0.1) is 65.1 Å². The minimum Gasteiger partial charge on any atom is -0.289 e. The van der Waals surface area contributed by atoms with Crippen LogP contribution in [0.25, 0.3) is 94.1 Å². The van der Waals surface area contributed by atoms with Crippen LogP contribution >= 0.6 is 57.1 Å². The van der Waals surface area contributed by atoms with Crippen LogP contribution in [-0.4, -0.2) is 20.3 Å². The Balaban J connectivity index is 0.882. The first-order valence-electron chi connectivity index (χ1n) is 23.1. The van der Waals surface area contributed by atoms with E-state index in [4.69, 9.17) is 43.8 Å². The number of hydrogen-bond acceptors (Lipinski definition) is 15. The molecule has 0 atom stereocenters. The predicted molar refractivity (Wildman–Crippen MR) is 304 cm³/mol. The maximum absolute atomic E-state index is 14.1. The molecule has 0 fully saturated rings. The molecule has 362 valence electrons. The first-order chi connectivity index (χ1) is 37.6. The van der Waals surface area contributed by atoms with Crippen LogP contribution in [0.2, 0.25) is 0 Å². The molecule has 8 aromatic rings. The quantitative estimate of drug-likeness (QED) is 0.0942. The SMILES string of the molecule is [C-]#[N+]C([N+]#[C-])=C1/C(=C/c2cc3c(s2)-c2sc(-c4c5c(c(-c6cc7c(s6)-c6sc(/C=C8\C(=O)c9cc([N+]#[C-])c(C#N)cc9C8=C(C#N)C#N)cc6C7(C)C)c6nsnc46)N=S=N5)cc2C3(C)C)C(=O)c2cc(C#N)c([N+]#[C-])cc21. The van der Waals surface area contributed by atoms with Crippen LogP contribution in [0.4, 0.5) is 22.7 Å². The minimum atomic E-state index is -0.467. The monoisotopic (exact) mass is 1110 g/mol. The maximum atomic E-state index is 14.1. The molecule has 0 radical (unpaired) electrons. The molecular weight excluding hydrogens is 1090 g/mol. The number of thiophene rings is 4. The van der Waals surface area contributed by atoms with E-state index < -0.39 is 22.4 Å². The van der Waals surface area contributed by atoms with Gasteiger partial charge in [-0.1, -0.05) is 27.7 Å². The first-order valence-corrected chi connectivity index (χ1v) is 27.8. The van der Waals surface area contributed by atoms with E-state index in [9.17, 15) is 30.6 Å². The van der Waals surface area contributed by atoms with Gasteiger partial charge in [-0.05, 0) is 94.1 Å². The Morgan fingerprint density at radius 2 is 0.987 bits per heavy atom.